The number of hydrogen-bond acceptors (Lipinski definition) is 1. The zero-order valence-corrected chi connectivity index (χ0v) is 14.8. The molecule has 0 aromatic heterocycles. The summed E-state index contributed by atoms with van der Waals surface area (Å²) in [7, 11) is 0. The predicted octanol–water partition coefficient (Wildman–Crippen LogP) is 3.81. The van der Waals surface area contributed by atoms with Crippen LogP contribution in [-0.2, 0) is 25.8 Å². The minimum absolute atomic E-state index is 0. The van der Waals surface area contributed by atoms with Crippen molar-refractivity contribution in [2.24, 2.45) is 0 Å². The van der Waals surface area contributed by atoms with Crippen molar-refractivity contribution in [1.29, 1.82) is 0 Å². The first-order valence-corrected chi connectivity index (χ1v) is 5.46. The summed E-state index contributed by atoms with van der Waals surface area (Å²) in [5, 5.41) is 8.07. The second-order valence-electron chi connectivity index (χ2n) is 3.08. The molecule has 1 nitrogen and oxygen atoms in total. The molecular formula is C14H21ClHfO-2. The van der Waals surface area contributed by atoms with Crippen LogP contribution in [0.15, 0.2) is 36.5 Å². The van der Waals surface area contributed by atoms with E-state index in [0.717, 1.165) is 25.7 Å². The van der Waals surface area contributed by atoms with Gasteiger partial charge in [-0.05, 0) is 6.42 Å². The first-order chi connectivity index (χ1) is 7.41. The molecular weight excluding hydrogens is 398 g/mol. The Morgan fingerprint density at radius 1 is 1.06 bits per heavy atom. The minimum Gasteiger partial charge on any atom is -0.396 e. The van der Waals surface area contributed by atoms with Crippen molar-refractivity contribution in [3.05, 3.63) is 48.6 Å². The summed E-state index contributed by atoms with van der Waals surface area (Å²) in [5.74, 6) is 0. The van der Waals surface area contributed by atoms with Crippen LogP contribution in [-0.4, -0.2) is 11.7 Å². The number of aliphatic hydroxyl groups excluding tert-OH is 1. The van der Waals surface area contributed by atoms with Crippen molar-refractivity contribution in [2.45, 2.75) is 32.6 Å². The van der Waals surface area contributed by atoms with Gasteiger partial charge in [-0.2, -0.15) is 12.2 Å². The Balaban J connectivity index is -0.000000163. The zero-order valence-electron chi connectivity index (χ0n) is 10.4. The fourth-order valence-electron chi connectivity index (χ4n) is 0.839. The smallest absolute Gasteiger partial charge is 0.0430 e. The summed E-state index contributed by atoms with van der Waals surface area (Å²) >= 11 is 0. The fourth-order valence-corrected chi connectivity index (χ4v) is 0.839. The summed E-state index contributed by atoms with van der Waals surface area (Å²) in [5.41, 5.74) is 0. The molecule has 0 saturated carbocycles. The van der Waals surface area contributed by atoms with E-state index in [1.54, 1.807) is 0 Å². The summed E-state index contributed by atoms with van der Waals surface area (Å²) in [4.78, 5) is 0. The largest absolute Gasteiger partial charge is 0.396 e. The van der Waals surface area contributed by atoms with E-state index in [9.17, 15) is 0 Å². The molecule has 0 amide bonds. The first-order valence-electron chi connectivity index (χ1n) is 5.46. The van der Waals surface area contributed by atoms with E-state index in [4.69, 9.17) is 5.11 Å². The summed E-state index contributed by atoms with van der Waals surface area (Å²) < 4.78 is 0. The Morgan fingerprint density at radius 2 is 1.53 bits per heavy atom. The summed E-state index contributed by atoms with van der Waals surface area (Å²) in [6.45, 7) is 2.40. The van der Waals surface area contributed by atoms with Crippen molar-refractivity contribution in [3.63, 3.8) is 0 Å². The monoisotopic (exact) mass is 420 g/mol. The van der Waals surface area contributed by atoms with Gasteiger partial charge in [0.2, 0.25) is 0 Å². The van der Waals surface area contributed by atoms with Gasteiger partial charge in [0.1, 0.15) is 0 Å². The van der Waals surface area contributed by atoms with Crippen molar-refractivity contribution in [2.75, 3.05) is 6.61 Å². The quantitative estimate of drug-likeness (QED) is 0.533. The van der Waals surface area contributed by atoms with Gasteiger partial charge in [0.25, 0.3) is 0 Å². The van der Waals surface area contributed by atoms with Crippen LogP contribution in [0.2, 0.25) is 0 Å². The zero-order chi connectivity index (χ0) is 11.2. The summed E-state index contributed by atoms with van der Waals surface area (Å²) in [6, 6.07) is 0. The van der Waals surface area contributed by atoms with E-state index >= 15 is 0 Å². The molecule has 0 fully saturated rings. The second kappa shape index (κ2) is 21.4. The maximum Gasteiger partial charge on any atom is 0.0430 e. The average Bonchev–Trinajstić information content (AvgIpc) is 2.99. The van der Waals surface area contributed by atoms with E-state index in [-0.39, 0.29) is 38.3 Å². The molecule has 17 heavy (non-hydrogen) atoms. The van der Waals surface area contributed by atoms with Gasteiger partial charge in [-0.15, -0.1) is 25.2 Å². The van der Waals surface area contributed by atoms with Crippen LogP contribution >= 0.6 is 12.4 Å². The number of unbranched alkanes of at least 4 members (excludes halogenated alkanes) is 1. The van der Waals surface area contributed by atoms with Gasteiger partial charge in [-0.25, -0.2) is 24.3 Å². The average molecular weight is 419 g/mol. The molecule has 2 aliphatic carbocycles. The summed E-state index contributed by atoms with van der Waals surface area (Å²) in [6.07, 6.45) is 22.0. The van der Waals surface area contributed by atoms with Gasteiger partial charge in [0, 0.05) is 32.5 Å². The van der Waals surface area contributed by atoms with E-state index in [1.807, 2.05) is 24.3 Å². The van der Waals surface area contributed by atoms with Gasteiger partial charge in [-0.1, -0.05) is 13.3 Å². The number of hydrogen-bond donors (Lipinski definition) is 1. The molecule has 0 unspecified atom stereocenters. The molecule has 0 bridgehead atoms. The van der Waals surface area contributed by atoms with E-state index < -0.39 is 0 Å². The Hall–Kier alpha value is 0.0801. The molecule has 2 aliphatic rings. The normalized spacial score (nSPS) is 12.8. The molecule has 96 valence electrons. The number of halogens is 1. The van der Waals surface area contributed by atoms with Gasteiger partial charge in [0.05, 0.1) is 0 Å². The molecule has 3 heteroatoms. The van der Waals surface area contributed by atoms with E-state index in [0.29, 0.717) is 6.61 Å². The number of allylic oxidation sites excluding steroid dienone is 8. The van der Waals surface area contributed by atoms with Crippen LogP contribution in [0.25, 0.3) is 0 Å². The first kappa shape index (κ1) is 22.3. The predicted molar refractivity (Wildman–Crippen MR) is 72.4 cm³/mol. The molecule has 0 aromatic rings. The van der Waals surface area contributed by atoms with Crippen LogP contribution in [0.1, 0.15) is 32.6 Å². The maximum absolute atomic E-state index is 8.07. The minimum atomic E-state index is 0. The molecule has 0 radical (unpaired) electrons. The molecule has 0 aromatic carbocycles. The number of rotatable bonds is 2. The van der Waals surface area contributed by atoms with Crippen LogP contribution in [0, 0.1) is 12.2 Å². The third-order valence-corrected chi connectivity index (χ3v) is 1.68. The van der Waals surface area contributed by atoms with Crippen LogP contribution in [0.3, 0.4) is 0 Å². The van der Waals surface area contributed by atoms with Crippen molar-refractivity contribution in [3.8, 4) is 0 Å². The topological polar surface area (TPSA) is 20.2 Å². The maximum atomic E-state index is 8.07. The van der Waals surface area contributed by atoms with Crippen molar-refractivity contribution >= 4 is 12.4 Å². The van der Waals surface area contributed by atoms with Crippen LogP contribution in [0.5, 0.6) is 0 Å². The third kappa shape index (κ3) is 21.8. The van der Waals surface area contributed by atoms with Gasteiger partial charge >= 0.3 is 0 Å². The molecule has 2 rings (SSSR count). The van der Waals surface area contributed by atoms with Crippen molar-refractivity contribution in [1.82, 2.24) is 0 Å². The van der Waals surface area contributed by atoms with Crippen molar-refractivity contribution < 1.29 is 30.9 Å². The Morgan fingerprint density at radius 3 is 1.59 bits per heavy atom. The van der Waals surface area contributed by atoms with Gasteiger partial charge in [0.15, 0.2) is 0 Å². The van der Waals surface area contributed by atoms with Gasteiger partial charge < -0.3 is 5.11 Å². The Labute approximate surface area is 131 Å². The van der Waals surface area contributed by atoms with Crippen LogP contribution < -0.4 is 0 Å². The molecule has 1 N–H and O–H groups in total. The molecule has 0 heterocycles. The Bertz CT molecular complexity index is 188. The SMILES string of the molecule is CCCCO.Cl.[C-]1=CC=CC1.[C-]1=CC=CC1.[Hf]. The molecule has 0 spiro atoms. The molecule has 0 saturated heterocycles. The van der Waals surface area contributed by atoms with Gasteiger partial charge in [-0.3, -0.25) is 12.2 Å². The molecule has 0 aliphatic heterocycles. The van der Waals surface area contributed by atoms with E-state index in [1.165, 1.54) is 0 Å². The standard InChI is InChI=1S/2C5H5.C4H10O.ClH.Hf/c2*1-2-4-5-3-1;1-2-3-4-5;;/h2*1-3H,4H2;5H,2-4H2,1H3;1H;/q2*-1;;;. The second-order valence-corrected chi connectivity index (χ2v) is 3.08. The van der Waals surface area contributed by atoms with E-state index in [2.05, 4.69) is 31.2 Å². The Kier molecular flexibility index (Phi) is 28.0. The third-order valence-electron chi connectivity index (χ3n) is 1.68. The fraction of sp³-hybridized carbons (Fsp3) is 0.429. The van der Waals surface area contributed by atoms with Crippen LogP contribution in [0.4, 0.5) is 0 Å². The molecule has 0 atom stereocenters. The number of aliphatic hydroxyl groups is 1.